The molecule has 5 nitrogen and oxygen atoms in total. The smallest absolute Gasteiger partial charge is 0.339 e. The van der Waals surface area contributed by atoms with Crippen molar-refractivity contribution < 1.29 is 14.7 Å². The van der Waals surface area contributed by atoms with Crippen molar-refractivity contribution in [3.8, 4) is 0 Å². The number of carboxylic acids is 1. The Morgan fingerprint density at radius 1 is 1.44 bits per heavy atom. The summed E-state index contributed by atoms with van der Waals surface area (Å²) in [7, 11) is 0. The molecule has 0 spiro atoms. The zero-order valence-electron chi connectivity index (χ0n) is 9.57. The minimum absolute atomic E-state index is 0.0671. The molecule has 0 saturated carbocycles. The fourth-order valence-electron chi connectivity index (χ4n) is 1.33. The predicted octanol–water partition coefficient (Wildman–Crippen LogP) is 1.75. The average Bonchev–Trinajstić information content (AvgIpc) is 2.28. The van der Waals surface area contributed by atoms with E-state index in [1.807, 2.05) is 0 Å². The zero-order chi connectivity index (χ0) is 13.5. The number of halogens is 1. The van der Waals surface area contributed by atoms with E-state index in [9.17, 15) is 9.59 Å². The van der Waals surface area contributed by atoms with Crippen LogP contribution in [0, 0.1) is 0 Å². The van der Waals surface area contributed by atoms with Crippen molar-refractivity contribution in [2.45, 2.75) is 0 Å². The summed E-state index contributed by atoms with van der Waals surface area (Å²) in [6, 6.07) is 4.51. The number of anilines is 1. The molecule has 0 bridgehead atoms. The van der Waals surface area contributed by atoms with Gasteiger partial charge in [0.25, 0.3) is 0 Å². The first-order chi connectivity index (χ1) is 8.56. The Labute approximate surface area is 109 Å². The maximum Gasteiger partial charge on any atom is 0.339 e. The Morgan fingerprint density at radius 2 is 2.17 bits per heavy atom. The number of aromatic carboxylic acids is 1. The van der Waals surface area contributed by atoms with Gasteiger partial charge in [0.05, 0.1) is 17.3 Å². The van der Waals surface area contributed by atoms with E-state index in [0.717, 1.165) is 0 Å². The Morgan fingerprint density at radius 3 is 2.78 bits per heavy atom. The minimum Gasteiger partial charge on any atom is -0.478 e. The molecule has 3 N–H and O–H groups in total. The molecule has 18 heavy (non-hydrogen) atoms. The van der Waals surface area contributed by atoms with E-state index in [-0.39, 0.29) is 28.7 Å². The van der Waals surface area contributed by atoms with Crippen LogP contribution >= 0.6 is 11.6 Å². The van der Waals surface area contributed by atoms with E-state index in [1.165, 1.54) is 12.1 Å². The molecule has 0 unspecified atom stereocenters. The van der Waals surface area contributed by atoms with Crippen LogP contribution in [0.4, 0.5) is 5.69 Å². The van der Waals surface area contributed by atoms with Gasteiger partial charge in [-0.2, -0.15) is 0 Å². The molecule has 1 aromatic rings. The van der Waals surface area contributed by atoms with Crippen molar-refractivity contribution in [1.82, 2.24) is 5.32 Å². The van der Waals surface area contributed by atoms with Crippen molar-refractivity contribution in [2.24, 2.45) is 0 Å². The van der Waals surface area contributed by atoms with Gasteiger partial charge in [-0.05, 0) is 12.1 Å². The van der Waals surface area contributed by atoms with Crippen LogP contribution in [0.15, 0.2) is 30.9 Å². The highest BCUT2D eigenvalue weighted by molar-refractivity contribution is 6.34. The lowest BCUT2D eigenvalue weighted by atomic mass is 10.2. The van der Waals surface area contributed by atoms with Crippen molar-refractivity contribution in [2.75, 3.05) is 18.4 Å². The first-order valence-electron chi connectivity index (χ1n) is 5.19. The maximum atomic E-state index is 11.5. The van der Waals surface area contributed by atoms with Crippen LogP contribution in [-0.2, 0) is 4.79 Å². The van der Waals surface area contributed by atoms with Crippen molar-refractivity contribution in [3.05, 3.63) is 41.4 Å². The lowest BCUT2D eigenvalue weighted by molar-refractivity contribution is -0.115. The van der Waals surface area contributed by atoms with Crippen LogP contribution in [0.5, 0.6) is 0 Å². The van der Waals surface area contributed by atoms with Crippen LogP contribution in [-0.4, -0.2) is 30.1 Å². The topological polar surface area (TPSA) is 78.4 Å². The molecular formula is C12H13ClN2O3. The molecule has 0 aliphatic heterocycles. The summed E-state index contributed by atoms with van der Waals surface area (Å²) in [6.45, 7) is 4.06. The van der Waals surface area contributed by atoms with Gasteiger partial charge in [0.2, 0.25) is 5.91 Å². The van der Waals surface area contributed by atoms with Gasteiger partial charge in [-0.15, -0.1) is 6.58 Å². The zero-order valence-corrected chi connectivity index (χ0v) is 10.3. The molecule has 0 aromatic heterocycles. The monoisotopic (exact) mass is 268 g/mol. The number of rotatable bonds is 6. The summed E-state index contributed by atoms with van der Waals surface area (Å²) in [4.78, 5) is 22.5. The van der Waals surface area contributed by atoms with Gasteiger partial charge < -0.3 is 15.7 Å². The van der Waals surface area contributed by atoms with E-state index in [0.29, 0.717) is 6.54 Å². The molecule has 1 rings (SSSR count). The summed E-state index contributed by atoms with van der Waals surface area (Å²) >= 11 is 5.77. The summed E-state index contributed by atoms with van der Waals surface area (Å²) in [5.74, 6) is -1.53. The van der Waals surface area contributed by atoms with Gasteiger partial charge in [-0.3, -0.25) is 4.79 Å². The number of nitrogens with one attached hydrogen (secondary N) is 2. The number of carbonyl (C=O) groups is 2. The summed E-state index contributed by atoms with van der Waals surface area (Å²) in [5, 5.41) is 14.4. The molecule has 0 heterocycles. The third kappa shape index (κ3) is 3.87. The van der Waals surface area contributed by atoms with Gasteiger partial charge in [-0.1, -0.05) is 23.7 Å². The summed E-state index contributed by atoms with van der Waals surface area (Å²) in [6.07, 6.45) is 1.62. The molecule has 1 amide bonds. The Bertz CT molecular complexity index is 474. The lowest BCUT2D eigenvalue weighted by Crippen LogP contribution is -2.28. The van der Waals surface area contributed by atoms with E-state index in [4.69, 9.17) is 16.7 Å². The number of hydrogen-bond donors (Lipinski definition) is 3. The SMILES string of the molecule is C=CCNCC(=O)Nc1cccc(Cl)c1C(=O)O. The molecule has 0 radical (unpaired) electrons. The number of amides is 1. The number of carboxylic acid groups (broad SMARTS) is 1. The first-order valence-corrected chi connectivity index (χ1v) is 5.57. The lowest BCUT2D eigenvalue weighted by Gasteiger charge is -2.09. The fraction of sp³-hybridized carbons (Fsp3) is 0.167. The highest BCUT2D eigenvalue weighted by Crippen LogP contribution is 2.24. The second-order valence-electron chi connectivity index (χ2n) is 3.44. The van der Waals surface area contributed by atoms with E-state index >= 15 is 0 Å². The maximum absolute atomic E-state index is 11.5. The van der Waals surface area contributed by atoms with Crippen LogP contribution in [0.25, 0.3) is 0 Å². The third-order valence-corrected chi connectivity index (χ3v) is 2.39. The molecule has 0 atom stereocenters. The summed E-state index contributed by atoms with van der Waals surface area (Å²) < 4.78 is 0. The van der Waals surface area contributed by atoms with Gasteiger partial charge in [0.1, 0.15) is 5.56 Å². The van der Waals surface area contributed by atoms with Gasteiger partial charge in [-0.25, -0.2) is 4.79 Å². The molecule has 6 heteroatoms. The molecule has 0 fully saturated rings. The predicted molar refractivity (Wildman–Crippen MR) is 70.1 cm³/mol. The van der Waals surface area contributed by atoms with Crippen LogP contribution in [0.3, 0.4) is 0 Å². The minimum atomic E-state index is -1.19. The summed E-state index contributed by atoms with van der Waals surface area (Å²) in [5.41, 5.74) is 0.0663. The molecule has 96 valence electrons. The van der Waals surface area contributed by atoms with E-state index < -0.39 is 5.97 Å². The second-order valence-corrected chi connectivity index (χ2v) is 3.84. The van der Waals surface area contributed by atoms with Gasteiger partial charge in [0.15, 0.2) is 0 Å². The van der Waals surface area contributed by atoms with Crippen LogP contribution in [0.1, 0.15) is 10.4 Å². The van der Waals surface area contributed by atoms with Crippen molar-refractivity contribution >= 4 is 29.2 Å². The Kier molecular flexibility index (Phi) is 5.35. The Balaban J connectivity index is 2.78. The normalized spacial score (nSPS) is 9.83. The average molecular weight is 269 g/mol. The number of carbonyl (C=O) groups excluding carboxylic acids is 1. The quantitative estimate of drug-likeness (QED) is 0.543. The number of hydrogen-bond acceptors (Lipinski definition) is 3. The van der Waals surface area contributed by atoms with E-state index in [1.54, 1.807) is 12.1 Å². The van der Waals surface area contributed by atoms with E-state index in [2.05, 4.69) is 17.2 Å². The molecular weight excluding hydrogens is 256 g/mol. The van der Waals surface area contributed by atoms with Crippen molar-refractivity contribution in [3.63, 3.8) is 0 Å². The third-order valence-electron chi connectivity index (χ3n) is 2.08. The van der Waals surface area contributed by atoms with Crippen molar-refractivity contribution in [1.29, 1.82) is 0 Å². The number of benzene rings is 1. The largest absolute Gasteiger partial charge is 0.478 e. The molecule has 1 aromatic carbocycles. The molecule has 0 aliphatic rings. The van der Waals surface area contributed by atoms with Crippen LogP contribution in [0.2, 0.25) is 5.02 Å². The first kappa shape index (κ1) is 14.2. The highest BCUT2D eigenvalue weighted by Gasteiger charge is 2.15. The molecule has 0 saturated heterocycles. The fourth-order valence-corrected chi connectivity index (χ4v) is 1.58. The van der Waals surface area contributed by atoms with Gasteiger partial charge >= 0.3 is 5.97 Å². The Hall–Kier alpha value is -1.85. The highest BCUT2D eigenvalue weighted by atomic mass is 35.5. The van der Waals surface area contributed by atoms with Crippen LogP contribution < -0.4 is 10.6 Å². The second kappa shape index (κ2) is 6.78. The molecule has 0 aliphatic carbocycles. The van der Waals surface area contributed by atoms with Gasteiger partial charge in [0, 0.05) is 6.54 Å². The standard InChI is InChI=1S/C12H13ClN2O3/c1-2-6-14-7-10(16)15-9-5-3-4-8(13)11(9)12(17)18/h2-5,14H,1,6-7H2,(H,15,16)(H,17,18).